The van der Waals surface area contributed by atoms with Crippen LogP contribution in [0.4, 0.5) is 17.1 Å². The molecular weight excluding hydrogens is 989 g/mol. The van der Waals surface area contributed by atoms with Gasteiger partial charge in [-0.05, 0) is 208 Å². The van der Waals surface area contributed by atoms with Gasteiger partial charge in [0.2, 0.25) is 0 Å². The third-order valence-electron chi connectivity index (χ3n) is 21.0. The number of benzene rings is 11. The minimum Gasteiger partial charge on any atom is -0.310 e. The summed E-state index contributed by atoms with van der Waals surface area (Å²) in [6, 6.07) is 103. The molecule has 0 saturated heterocycles. The van der Waals surface area contributed by atoms with Crippen LogP contribution < -0.4 is 4.90 Å². The number of hydrogen-bond donors (Lipinski definition) is 0. The smallest absolute Gasteiger partial charge is 0.0542 e. The lowest BCUT2D eigenvalue weighted by atomic mass is 9.33. The van der Waals surface area contributed by atoms with Crippen LogP contribution in [0, 0.1) is 12.8 Å². The van der Waals surface area contributed by atoms with E-state index in [1.165, 1.54) is 110 Å². The van der Waals surface area contributed by atoms with Crippen molar-refractivity contribution in [1.82, 2.24) is 4.57 Å². The lowest BCUT2D eigenvalue weighted by molar-refractivity contribution is -0.0728. The van der Waals surface area contributed by atoms with Crippen LogP contribution in [0.3, 0.4) is 0 Å². The second-order valence-electron chi connectivity index (χ2n) is 24.9. The molecule has 12 aromatic rings. The van der Waals surface area contributed by atoms with Gasteiger partial charge >= 0.3 is 0 Å². The highest BCUT2D eigenvalue weighted by atomic mass is 15.1. The number of para-hydroxylation sites is 3. The van der Waals surface area contributed by atoms with Gasteiger partial charge < -0.3 is 9.47 Å². The normalized spacial score (nSPS) is 22.6. The van der Waals surface area contributed by atoms with Crippen molar-refractivity contribution in [1.29, 1.82) is 0 Å². The first-order valence-electron chi connectivity index (χ1n) is 30.1. The van der Waals surface area contributed by atoms with Gasteiger partial charge in [-0.3, -0.25) is 0 Å². The highest BCUT2D eigenvalue weighted by molar-refractivity contribution is 6.10. The average molecular weight is 1050 g/mol. The first kappa shape index (κ1) is 47.8. The van der Waals surface area contributed by atoms with Crippen LogP contribution in [0.1, 0.15) is 90.2 Å². The Kier molecular flexibility index (Phi) is 10.6. The molecule has 6 atom stereocenters. The molecule has 5 aliphatic carbocycles. The van der Waals surface area contributed by atoms with Gasteiger partial charge in [0, 0.05) is 49.8 Å². The summed E-state index contributed by atoms with van der Waals surface area (Å²) in [5, 5.41) is 2.49. The van der Waals surface area contributed by atoms with E-state index < -0.39 is 0 Å². The second-order valence-corrected chi connectivity index (χ2v) is 24.9. The SMILES string of the molecule is Cc1ccccc1-c1ccccc1C12CCCC34CC(CC5(CC(C1)c1ccccc1-c1ccccc15)C23)c1ccccc1-c1cc(-c2ccc(N(c3ccccc3)c3ccc5c(c3)c3ccccc3n5-c3ccccc3)cc2)ccc14. The van der Waals surface area contributed by atoms with Gasteiger partial charge in [-0.15, -0.1) is 0 Å². The standard InChI is InChI=1S/C80H64N2/c1-53-21-8-9-26-62(53)67-31-14-17-34-72(67)78-45-20-46-79-50-57(52-80(77(78)79)51-56(49-78)63-27-10-12-29-65(63)68-32-15-18-35-73(68)80)64-28-11-13-30-66(64)70-47-55(39-43-74(70)79)54-37-40-60(41-38-54)81(58-22-4-2-5-23-58)61-42-44-76-71(48-61)69-33-16-19-36-75(69)82(76)59-24-6-3-7-25-59/h2-19,21-44,47-48,56-57,77H,20,45-46,49-52H2,1H3. The van der Waals surface area contributed by atoms with Crippen LogP contribution in [-0.4, -0.2) is 4.57 Å². The minimum absolute atomic E-state index is 0.0714. The zero-order valence-electron chi connectivity index (χ0n) is 46.5. The Balaban J connectivity index is 0.840. The van der Waals surface area contributed by atoms with Crippen molar-refractivity contribution in [3.05, 3.63) is 300 Å². The number of aryl methyl sites for hydroxylation is 1. The van der Waals surface area contributed by atoms with Crippen LogP contribution >= 0.6 is 0 Å². The summed E-state index contributed by atoms with van der Waals surface area (Å²) in [4.78, 5) is 2.42. The topological polar surface area (TPSA) is 8.17 Å². The van der Waals surface area contributed by atoms with Crippen molar-refractivity contribution < 1.29 is 0 Å². The molecule has 2 heteroatoms. The molecule has 4 bridgehead atoms. The van der Waals surface area contributed by atoms with Crippen LogP contribution in [0.2, 0.25) is 0 Å². The van der Waals surface area contributed by atoms with E-state index in [0.717, 1.165) is 29.9 Å². The molecule has 5 aliphatic rings. The molecule has 1 heterocycles. The molecule has 2 spiro atoms. The molecule has 1 aromatic heterocycles. The van der Waals surface area contributed by atoms with Crippen molar-refractivity contribution >= 4 is 38.9 Å². The van der Waals surface area contributed by atoms with E-state index in [2.05, 4.69) is 283 Å². The molecule has 82 heavy (non-hydrogen) atoms. The van der Waals surface area contributed by atoms with Gasteiger partial charge in [-0.2, -0.15) is 0 Å². The van der Waals surface area contributed by atoms with E-state index >= 15 is 0 Å². The second kappa shape index (κ2) is 18.3. The molecule has 394 valence electrons. The van der Waals surface area contributed by atoms with E-state index in [1.807, 2.05) is 0 Å². The molecule has 2 nitrogen and oxygen atoms in total. The highest BCUT2D eigenvalue weighted by Gasteiger charge is 2.70. The Bertz CT molecular complexity index is 4490. The molecule has 6 unspecified atom stereocenters. The van der Waals surface area contributed by atoms with E-state index in [4.69, 9.17) is 0 Å². The maximum absolute atomic E-state index is 2.65. The van der Waals surface area contributed by atoms with E-state index in [-0.39, 0.29) is 16.2 Å². The van der Waals surface area contributed by atoms with Crippen molar-refractivity contribution in [2.24, 2.45) is 5.92 Å². The Hall–Kier alpha value is -8.98. The van der Waals surface area contributed by atoms with E-state index in [1.54, 1.807) is 27.8 Å². The lowest BCUT2D eigenvalue weighted by Gasteiger charge is -2.70. The minimum atomic E-state index is -0.0774. The highest BCUT2D eigenvalue weighted by Crippen LogP contribution is 2.77. The fourth-order valence-corrected chi connectivity index (χ4v) is 18.4. The lowest BCUT2D eigenvalue weighted by Crippen LogP contribution is -2.66. The third-order valence-corrected chi connectivity index (χ3v) is 21.0. The zero-order chi connectivity index (χ0) is 54.2. The molecule has 3 fully saturated rings. The third kappa shape index (κ3) is 6.88. The molecule has 17 rings (SSSR count). The molecular formula is C80H64N2. The number of hydrogen-bond acceptors (Lipinski definition) is 1. The molecule has 0 aliphatic heterocycles. The molecule has 0 radical (unpaired) electrons. The molecule has 11 aromatic carbocycles. The number of aromatic nitrogens is 1. The monoisotopic (exact) mass is 1050 g/mol. The number of rotatable bonds is 7. The summed E-state index contributed by atoms with van der Waals surface area (Å²) in [5.41, 5.74) is 27.1. The average Bonchev–Trinajstić information content (AvgIpc) is 1.78. The molecule has 0 amide bonds. The Morgan fingerprint density at radius 1 is 0.354 bits per heavy atom. The Labute approximate surface area is 482 Å². The zero-order valence-corrected chi connectivity index (χ0v) is 46.5. The first-order chi connectivity index (χ1) is 40.5. The maximum Gasteiger partial charge on any atom is 0.0542 e. The van der Waals surface area contributed by atoms with Crippen LogP contribution in [0.25, 0.3) is 72.0 Å². The maximum atomic E-state index is 2.65. The van der Waals surface area contributed by atoms with Gasteiger partial charge in [0.1, 0.15) is 0 Å². The van der Waals surface area contributed by atoms with Crippen LogP contribution in [0.15, 0.2) is 267 Å². The van der Waals surface area contributed by atoms with Gasteiger partial charge in [-0.1, -0.05) is 207 Å². The quantitative estimate of drug-likeness (QED) is 0.154. The number of nitrogens with zero attached hydrogens (tertiary/aromatic N) is 2. The number of anilines is 3. The van der Waals surface area contributed by atoms with Crippen molar-refractivity contribution in [3.8, 4) is 50.2 Å². The summed E-state index contributed by atoms with van der Waals surface area (Å²) < 4.78 is 2.40. The Morgan fingerprint density at radius 3 is 1.54 bits per heavy atom. The van der Waals surface area contributed by atoms with Gasteiger partial charge in [0.15, 0.2) is 0 Å². The largest absolute Gasteiger partial charge is 0.310 e. The first-order valence-corrected chi connectivity index (χ1v) is 30.1. The van der Waals surface area contributed by atoms with Crippen LogP contribution in [-0.2, 0) is 16.2 Å². The van der Waals surface area contributed by atoms with Crippen LogP contribution in [0.5, 0.6) is 0 Å². The predicted octanol–water partition coefficient (Wildman–Crippen LogP) is 20.9. The molecule has 3 saturated carbocycles. The van der Waals surface area contributed by atoms with Gasteiger partial charge in [0.05, 0.1) is 11.0 Å². The fraction of sp³-hybridized carbons (Fsp3) is 0.175. The van der Waals surface area contributed by atoms with Crippen molar-refractivity contribution in [3.63, 3.8) is 0 Å². The van der Waals surface area contributed by atoms with E-state index in [9.17, 15) is 0 Å². The van der Waals surface area contributed by atoms with Gasteiger partial charge in [-0.25, -0.2) is 0 Å². The molecule has 0 N–H and O–H groups in total. The summed E-state index contributed by atoms with van der Waals surface area (Å²) in [6.45, 7) is 2.32. The van der Waals surface area contributed by atoms with E-state index in [0.29, 0.717) is 17.8 Å². The fourth-order valence-electron chi connectivity index (χ4n) is 18.4. The van der Waals surface area contributed by atoms with Crippen molar-refractivity contribution in [2.45, 2.75) is 80.0 Å². The van der Waals surface area contributed by atoms with Gasteiger partial charge in [0.25, 0.3) is 0 Å². The van der Waals surface area contributed by atoms with Crippen molar-refractivity contribution in [2.75, 3.05) is 4.90 Å². The summed E-state index contributed by atoms with van der Waals surface area (Å²) in [7, 11) is 0. The summed E-state index contributed by atoms with van der Waals surface area (Å²) in [6.07, 6.45) is 8.30. The summed E-state index contributed by atoms with van der Waals surface area (Å²) >= 11 is 0. The summed E-state index contributed by atoms with van der Waals surface area (Å²) in [5.74, 6) is 1.23. The predicted molar refractivity (Wildman–Crippen MR) is 341 cm³/mol. The Morgan fingerprint density at radius 2 is 0.841 bits per heavy atom. The number of fused-ring (bicyclic) bond motifs is 13.